The minimum Gasteiger partial charge on any atom is -0.463 e. The minimum atomic E-state index is -0.524. The molecule has 0 radical (unpaired) electrons. The van der Waals surface area contributed by atoms with Gasteiger partial charge in [0.2, 0.25) is 0 Å². The number of nitrogens with one attached hydrogen (secondary N) is 1. The standard InChI is InChI=1S/C23H23NO4/c1-3-28-21(25)15-20(16-9-5-4-6-10-16)19-14-13-17-11-7-8-12-18(17)22(19)24-23(26)27-2/h4-15,19,22H,3H2,1-2H3,(H,24,26)/b20-15+/t19-,22-/m1/s1. The molecule has 0 saturated heterocycles. The fraction of sp³-hybridized carbons (Fsp3) is 0.217. The Balaban J connectivity index is 2.09. The zero-order valence-corrected chi connectivity index (χ0v) is 15.9. The Morgan fingerprint density at radius 1 is 1.07 bits per heavy atom. The number of hydrogen-bond acceptors (Lipinski definition) is 4. The lowest BCUT2D eigenvalue weighted by Gasteiger charge is -2.32. The molecule has 1 aliphatic carbocycles. The molecule has 0 aromatic heterocycles. The number of rotatable bonds is 5. The molecular formula is C23H23NO4. The Morgan fingerprint density at radius 2 is 1.79 bits per heavy atom. The Labute approximate surface area is 164 Å². The van der Waals surface area contributed by atoms with Crippen LogP contribution in [0.3, 0.4) is 0 Å². The highest BCUT2D eigenvalue weighted by molar-refractivity contribution is 5.93. The molecule has 1 amide bonds. The van der Waals surface area contributed by atoms with Gasteiger partial charge in [-0.15, -0.1) is 0 Å². The summed E-state index contributed by atoms with van der Waals surface area (Å²) in [4.78, 5) is 24.3. The largest absolute Gasteiger partial charge is 0.463 e. The van der Waals surface area contributed by atoms with Gasteiger partial charge in [0.25, 0.3) is 0 Å². The Morgan fingerprint density at radius 3 is 2.50 bits per heavy atom. The number of esters is 1. The first-order valence-corrected chi connectivity index (χ1v) is 9.19. The van der Waals surface area contributed by atoms with Crippen LogP contribution in [0, 0.1) is 5.92 Å². The van der Waals surface area contributed by atoms with E-state index in [0.29, 0.717) is 6.61 Å². The van der Waals surface area contributed by atoms with Crippen LogP contribution in [0.2, 0.25) is 0 Å². The second kappa shape index (κ2) is 9.04. The van der Waals surface area contributed by atoms with Crippen LogP contribution in [0.15, 0.2) is 66.7 Å². The SMILES string of the molecule is CCOC(=O)/C=C(\c1ccccc1)[C@H]1C=Cc2ccccc2[C@H]1NC(=O)OC. The summed E-state index contributed by atoms with van der Waals surface area (Å²) < 4.78 is 9.98. The summed E-state index contributed by atoms with van der Waals surface area (Å²) >= 11 is 0. The minimum absolute atomic E-state index is 0.263. The van der Waals surface area contributed by atoms with Crippen molar-refractivity contribution in [2.24, 2.45) is 5.92 Å². The lowest BCUT2D eigenvalue weighted by Crippen LogP contribution is -2.35. The van der Waals surface area contributed by atoms with E-state index < -0.39 is 12.1 Å². The third-order valence-corrected chi connectivity index (χ3v) is 4.66. The van der Waals surface area contributed by atoms with Crippen molar-refractivity contribution < 1.29 is 19.1 Å². The summed E-state index contributed by atoms with van der Waals surface area (Å²) in [6.07, 6.45) is 5.00. The summed E-state index contributed by atoms with van der Waals surface area (Å²) in [5.41, 5.74) is 3.64. The molecule has 0 unspecified atom stereocenters. The van der Waals surface area contributed by atoms with Crippen LogP contribution in [-0.2, 0) is 14.3 Å². The molecule has 1 aliphatic rings. The first-order chi connectivity index (χ1) is 13.6. The second-order valence-electron chi connectivity index (χ2n) is 6.35. The van der Waals surface area contributed by atoms with Crippen LogP contribution in [-0.4, -0.2) is 25.8 Å². The molecule has 0 saturated carbocycles. The Hall–Kier alpha value is -3.34. The first-order valence-electron chi connectivity index (χ1n) is 9.19. The number of fused-ring (bicyclic) bond motifs is 1. The molecule has 144 valence electrons. The Kier molecular flexibility index (Phi) is 6.27. The highest BCUT2D eigenvalue weighted by Crippen LogP contribution is 2.40. The van der Waals surface area contributed by atoms with Gasteiger partial charge >= 0.3 is 12.1 Å². The van der Waals surface area contributed by atoms with Crippen LogP contribution < -0.4 is 5.32 Å². The Bertz CT molecular complexity index is 902. The monoisotopic (exact) mass is 377 g/mol. The van der Waals surface area contributed by atoms with Gasteiger partial charge in [-0.2, -0.15) is 0 Å². The third kappa shape index (κ3) is 4.31. The second-order valence-corrected chi connectivity index (χ2v) is 6.35. The van der Waals surface area contributed by atoms with Crippen molar-refractivity contribution in [2.75, 3.05) is 13.7 Å². The number of ether oxygens (including phenoxy) is 2. The molecule has 0 aliphatic heterocycles. The normalized spacial score (nSPS) is 18.1. The topological polar surface area (TPSA) is 64.6 Å². The molecule has 28 heavy (non-hydrogen) atoms. The van der Waals surface area contributed by atoms with Crippen molar-refractivity contribution >= 4 is 23.7 Å². The number of carbonyl (C=O) groups is 2. The van der Waals surface area contributed by atoms with Gasteiger partial charge in [0.05, 0.1) is 19.8 Å². The van der Waals surface area contributed by atoms with Gasteiger partial charge < -0.3 is 14.8 Å². The maximum absolute atomic E-state index is 12.3. The van der Waals surface area contributed by atoms with Crippen LogP contribution in [0.1, 0.15) is 29.7 Å². The average molecular weight is 377 g/mol. The van der Waals surface area contributed by atoms with Crippen LogP contribution in [0.4, 0.5) is 4.79 Å². The van der Waals surface area contributed by atoms with E-state index in [1.54, 1.807) is 6.92 Å². The third-order valence-electron chi connectivity index (χ3n) is 4.66. The summed E-state index contributed by atoms with van der Waals surface area (Å²) in [7, 11) is 1.33. The molecule has 5 nitrogen and oxygen atoms in total. The smallest absolute Gasteiger partial charge is 0.407 e. The summed E-state index contributed by atoms with van der Waals surface area (Å²) in [6.45, 7) is 2.07. The van der Waals surface area contributed by atoms with Gasteiger partial charge in [0.1, 0.15) is 0 Å². The molecule has 5 heteroatoms. The maximum atomic E-state index is 12.3. The zero-order valence-electron chi connectivity index (χ0n) is 15.9. The molecule has 1 N–H and O–H groups in total. The molecule has 0 fully saturated rings. The molecule has 0 heterocycles. The van der Waals surface area contributed by atoms with Crippen LogP contribution in [0.25, 0.3) is 11.6 Å². The molecular weight excluding hydrogens is 354 g/mol. The lowest BCUT2D eigenvalue weighted by atomic mass is 9.78. The van der Waals surface area contributed by atoms with Gasteiger partial charge in [0.15, 0.2) is 0 Å². The lowest BCUT2D eigenvalue weighted by molar-refractivity contribution is -0.137. The van der Waals surface area contributed by atoms with Gasteiger partial charge in [-0.1, -0.05) is 66.7 Å². The highest BCUT2D eigenvalue weighted by atomic mass is 16.5. The molecule has 0 bridgehead atoms. The predicted molar refractivity (Wildman–Crippen MR) is 108 cm³/mol. The van der Waals surface area contributed by atoms with E-state index in [1.807, 2.05) is 66.7 Å². The summed E-state index contributed by atoms with van der Waals surface area (Å²) in [5.74, 6) is -0.675. The number of alkyl carbamates (subject to hydrolysis) is 1. The summed E-state index contributed by atoms with van der Waals surface area (Å²) in [5, 5.41) is 2.92. The first kappa shape index (κ1) is 19.4. The quantitative estimate of drug-likeness (QED) is 0.621. The van der Waals surface area contributed by atoms with E-state index in [1.165, 1.54) is 13.2 Å². The van der Waals surface area contributed by atoms with E-state index in [4.69, 9.17) is 9.47 Å². The number of benzene rings is 2. The molecule has 0 spiro atoms. The van der Waals surface area contributed by atoms with Crippen molar-refractivity contribution in [3.63, 3.8) is 0 Å². The van der Waals surface area contributed by atoms with Gasteiger partial charge in [-0.3, -0.25) is 0 Å². The van der Waals surface area contributed by atoms with Crippen molar-refractivity contribution in [1.29, 1.82) is 0 Å². The van der Waals surface area contributed by atoms with E-state index >= 15 is 0 Å². The van der Waals surface area contributed by atoms with Crippen molar-refractivity contribution in [2.45, 2.75) is 13.0 Å². The van der Waals surface area contributed by atoms with Crippen molar-refractivity contribution in [1.82, 2.24) is 5.32 Å². The van der Waals surface area contributed by atoms with Gasteiger partial charge in [-0.05, 0) is 29.2 Å². The zero-order chi connectivity index (χ0) is 19.9. The fourth-order valence-corrected chi connectivity index (χ4v) is 3.41. The van der Waals surface area contributed by atoms with E-state index in [-0.39, 0.29) is 12.0 Å². The van der Waals surface area contributed by atoms with Gasteiger partial charge in [0, 0.05) is 12.0 Å². The van der Waals surface area contributed by atoms with E-state index in [2.05, 4.69) is 5.32 Å². The van der Waals surface area contributed by atoms with Gasteiger partial charge in [-0.25, -0.2) is 9.59 Å². The highest BCUT2D eigenvalue weighted by Gasteiger charge is 2.31. The van der Waals surface area contributed by atoms with E-state index in [9.17, 15) is 9.59 Å². The molecule has 2 atom stereocenters. The number of hydrogen-bond donors (Lipinski definition) is 1. The maximum Gasteiger partial charge on any atom is 0.407 e. The number of amides is 1. The van der Waals surface area contributed by atoms with Crippen LogP contribution in [0.5, 0.6) is 0 Å². The van der Waals surface area contributed by atoms with Crippen molar-refractivity contribution in [3.05, 3.63) is 83.4 Å². The van der Waals surface area contributed by atoms with E-state index in [0.717, 1.165) is 22.3 Å². The molecule has 2 aromatic rings. The predicted octanol–water partition coefficient (Wildman–Crippen LogP) is 4.37. The van der Waals surface area contributed by atoms with Crippen molar-refractivity contribution in [3.8, 4) is 0 Å². The van der Waals surface area contributed by atoms with Crippen LogP contribution >= 0.6 is 0 Å². The average Bonchev–Trinajstić information content (AvgIpc) is 2.73. The molecule has 2 aromatic carbocycles. The fourth-order valence-electron chi connectivity index (χ4n) is 3.41. The number of carbonyl (C=O) groups excluding carboxylic acids is 2. The molecule has 3 rings (SSSR count). The number of methoxy groups -OCH3 is 1. The summed E-state index contributed by atoms with van der Waals surface area (Å²) in [6, 6.07) is 17.1.